The molecule has 28 heavy (non-hydrogen) atoms. The number of amides is 1. The highest BCUT2D eigenvalue weighted by molar-refractivity contribution is 5.91. The van der Waals surface area contributed by atoms with Gasteiger partial charge in [0.1, 0.15) is 11.6 Å². The van der Waals surface area contributed by atoms with Crippen molar-refractivity contribution in [1.82, 2.24) is 15.1 Å². The van der Waals surface area contributed by atoms with Crippen LogP contribution in [0.2, 0.25) is 0 Å². The molecular formula is C22H25F2N3O. The Labute approximate surface area is 164 Å². The minimum atomic E-state index is -0.776. The van der Waals surface area contributed by atoms with Crippen LogP contribution in [0.5, 0.6) is 0 Å². The normalized spacial score (nSPS) is 25.4. The number of benzene rings is 1. The first-order chi connectivity index (χ1) is 13.3. The molecule has 1 aliphatic heterocycles. The molecule has 0 saturated carbocycles. The van der Waals surface area contributed by atoms with E-state index in [2.05, 4.69) is 31.0 Å². The van der Waals surface area contributed by atoms with Crippen LogP contribution < -0.4 is 0 Å². The second kappa shape index (κ2) is 6.33. The Bertz CT molecular complexity index is 935. The van der Waals surface area contributed by atoms with Crippen LogP contribution in [0.4, 0.5) is 8.78 Å². The van der Waals surface area contributed by atoms with Crippen LogP contribution in [-0.4, -0.2) is 34.1 Å². The Morgan fingerprint density at radius 3 is 2.39 bits per heavy atom. The predicted molar refractivity (Wildman–Crippen MR) is 103 cm³/mol. The Balaban J connectivity index is 1.90. The van der Waals surface area contributed by atoms with Gasteiger partial charge in [0.15, 0.2) is 0 Å². The van der Waals surface area contributed by atoms with Crippen molar-refractivity contribution in [3.63, 3.8) is 0 Å². The number of halogens is 2. The molecule has 1 aromatic heterocycles. The van der Waals surface area contributed by atoms with Crippen molar-refractivity contribution in [2.24, 2.45) is 5.41 Å². The Morgan fingerprint density at radius 1 is 1.21 bits per heavy atom. The summed E-state index contributed by atoms with van der Waals surface area (Å²) in [6.45, 7) is 9.78. The number of carbonyl (C=O) groups is 1. The van der Waals surface area contributed by atoms with Crippen molar-refractivity contribution >= 4 is 5.91 Å². The van der Waals surface area contributed by atoms with Gasteiger partial charge < -0.3 is 4.90 Å². The molecule has 6 heteroatoms. The fraction of sp³-hybridized carbons (Fsp3) is 0.500. The third-order valence-corrected chi connectivity index (χ3v) is 7.13. The molecule has 2 aliphatic rings. The zero-order chi connectivity index (χ0) is 20.3. The summed E-state index contributed by atoms with van der Waals surface area (Å²) >= 11 is 0. The maximum atomic E-state index is 14.3. The van der Waals surface area contributed by atoms with Crippen LogP contribution in [0.1, 0.15) is 57.7 Å². The van der Waals surface area contributed by atoms with Crippen LogP contribution in [0.25, 0.3) is 11.3 Å². The van der Waals surface area contributed by atoms with Crippen LogP contribution >= 0.6 is 0 Å². The molecule has 2 atom stereocenters. The number of hydrogen-bond donors (Lipinski definition) is 0. The molecule has 1 amide bonds. The number of aromatic nitrogens is 2. The molecular weight excluding hydrogens is 360 g/mol. The summed E-state index contributed by atoms with van der Waals surface area (Å²) in [5.74, 6) is -1.25. The van der Waals surface area contributed by atoms with Gasteiger partial charge in [0, 0.05) is 13.1 Å². The molecule has 0 radical (unpaired) electrons. The quantitative estimate of drug-likeness (QED) is 0.784. The highest BCUT2D eigenvalue weighted by Gasteiger charge is 2.62. The van der Waals surface area contributed by atoms with Crippen molar-refractivity contribution in [2.75, 3.05) is 13.1 Å². The topological polar surface area (TPSA) is 46.1 Å². The maximum Gasteiger partial charge on any atom is 0.235 e. The average Bonchev–Trinajstić information content (AvgIpc) is 2.77. The average molecular weight is 385 g/mol. The van der Waals surface area contributed by atoms with E-state index in [0.29, 0.717) is 12.1 Å². The Hall–Kier alpha value is -2.37. The van der Waals surface area contributed by atoms with Gasteiger partial charge in [0.25, 0.3) is 0 Å². The van der Waals surface area contributed by atoms with Gasteiger partial charge in [-0.2, -0.15) is 5.10 Å². The molecule has 148 valence electrons. The highest BCUT2D eigenvalue weighted by atomic mass is 19.1. The molecule has 1 aliphatic carbocycles. The third-order valence-electron chi connectivity index (χ3n) is 7.13. The van der Waals surface area contributed by atoms with Crippen molar-refractivity contribution in [2.45, 2.75) is 51.9 Å². The van der Waals surface area contributed by atoms with E-state index in [9.17, 15) is 13.6 Å². The maximum absolute atomic E-state index is 14.3. The van der Waals surface area contributed by atoms with Crippen molar-refractivity contribution in [3.05, 3.63) is 47.2 Å². The number of rotatable bonds is 3. The van der Waals surface area contributed by atoms with Crippen LogP contribution in [-0.2, 0) is 10.2 Å². The number of likely N-dealkylation sites (tertiary alicyclic amines) is 1. The lowest BCUT2D eigenvalue weighted by Crippen LogP contribution is -2.57. The van der Waals surface area contributed by atoms with Gasteiger partial charge in [-0.05, 0) is 47.9 Å². The SMILES string of the molecule is CCC1(C(=O)N2CCC2)c2nnc(-c3c(F)cccc3F)cc2C(C)C1(C)C. The second-order valence-electron chi connectivity index (χ2n) is 8.48. The molecule has 2 heterocycles. The molecule has 2 aromatic rings. The van der Waals surface area contributed by atoms with E-state index in [1.807, 2.05) is 11.8 Å². The van der Waals surface area contributed by atoms with Gasteiger partial charge in [-0.25, -0.2) is 8.78 Å². The van der Waals surface area contributed by atoms with Crippen molar-refractivity contribution in [1.29, 1.82) is 0 Å². The summed E-state index contributed by atoms with van der Waals surface area (Å²) in [5.41, 5.74) is 0.337. The number of fused-ring (bicyclic) bond motifs is 1. The zero-order valence-electron chi connectivity index (χ0n) is 16.7. The lowest BCUT2D eigenvalue weighted by molar-refractivity contribution is -0.146. The van der Waals surface area contributed by atoms with E-state index in [1.165, 1.54) is 18.2 Å². The standard InChI is InChI=1S/C22H25F2N3O/c1-5-22(20(28)27-10-7-11-27)19-14(13(2)21(22,3)4)12-17(25-26-19)18-15(23)8-6-9-16(18)24/h6,8-9,12-13H,5,7,10-11H2,1-4H3. The first kappa shape index (κ1) is 19.0. The zero-order valence-corrected chi connectivity index (χ0v) is 16.7. The molecule has 1 aromatic carbocycles. The molecule has 0 spiro atoms. The van der Waals surface area contributed by atoms with Gasteiger partial charge >= 0.3 is 0 Å². The van der Waals surface area contributed by atoms with Crippen molar-refractivity contribution < 1.29 is 13.6 Å². The molecule has 0 bridgehead atoms. The van der Waals surface area contributed by atoms with Gasteiger partial charge in [-0.15, -0.1) is 5.10 Å². The lowest BCUT2D eigenvalue weighted by Gasteiger charge is -2.46. The molecule has 1 saturated heterocycles. The van der Waals surface area contributed by atoms with E-state index >= 15 is 0 Å². The minimum Gasteiger partial charge on any atom is -0.342 e. The van der Waals surface area contributed by atoms with Gasteiger partial charge in [0.05, 0.1) is 22.4 Å². The van der Waals surface area contributed by atoms with E-state index in [0.717, 1.165) is 25.1 Å². The largest absolute Gasteiger partial charge is 0.342 e. The lowest BCUT2D eigenvalue weighted by atomic mass is 9.61. The third kappa shape index (κ3) is 2.29. The monoisotopic (exact) mass is 385 g/mol. The smallest absolute Gasteiger partial charge is 0.235 e. The Kier molecular flexibility index (Phi) is 4.28. The van der Waals surface area contributed by atoms with Crippen LogP contribution in [0, 0.1) is 17.0 Å². The molecule has 1 fully saturated rings. The van der Waals surface area contributed by atoms with E-state index in [4.69, 9.17) is 0 Å². The van der Waals surface area contributed by atoms with Crippen LogP contribution in [0.15, 0.2) is 24.3 Å². The number of nitrogens with zero attached hydrogens (tertiary/aromatic N) is 3. The van der Waals surface area contributed by atoms with Gasteiger partial charge in [-0.3, -0.25) is 4.79 Å². The first-order valence-corrected chi connectivity index (χ1v) is 9.87. The predicted octanol–water partition coefficient (Wildman–Crippen LogP) is 4.45. The fourth-order valence-electron chi connectivity index (χ4n) is 4.94. The first-order valence-electron chi connectivity index (χ1n) is 9.87. The van der Waals surface area contributed by atoms with Crippen molar-refractivity contribution in [3.8, 4) is 11.3 Å². The Morgan fingerprint density at radius 2 is 1.86 bits per heavy atom. The fourth-order valence-corrected chi connectivity index (χ4v) is 4.94. The van der Waals surface area contributed by atoms with E-state index < -0.39 is 22.5 Å². The molecule has 4 nitrogen and oxygen atoms in total. The molecule has 4 rings (SSSR count). The summed E-state index contributed by atoms with van der Waals surface area (Å²) in [7, 11) is 0. The summed E-state index contributed by atoms with van der Waals surface area (Å²) in [5, 5.41) is 8.59. The molecule has 0 N–H and O–H groups in total. The summed E-state index contributed by atoms with van der Waals surface area (Å²) in [6.07, 6.45) is 1.63. The number of carbonyl (C=O) groups excluding carboxylic acids is 1. The summed E-state index contributed by atoms with van der Waals surface area (Å²) < 4.78 is 28.5. The van der Waals surface area contributed by atoms with E-state index in [-0.39, 0.29) is 23.1 Å². The minimum absolute atomic E-state index is 0.00300. The number of hydrogen-bond acceptors (Lipinski definition) is 3. The van der Waals surface area contributed by atoms with Crippen LogP contribution in [0.3, 0.4) is 0 Å². The van der Waals surface area contributed by atoms with E-state index in [1.54, 1.807) is 6.07 Å². The second-order valence-corrected chi connectivity index (χ2v) is 8.48. The summed E-state index contributed by atoms with van der Waals surface area (Å²) in [6, 6.07) is 5.47. The highest BCUT2D eigenvalue weighted by Crippen LogP contribution is 2.60. The van der Waals surface area contributed by atoms with Gasteiger partial charge in [0.2, 0.25) is 5.91 Å². The van der Waals surface area contributed by atoms with Gasteiger partial charge in [-0.1, -0.05) is 33.8 Å². The molecule has 2 unspecified atom stereocenters. The summed E-state index contributed by atoms with van der Waals surface area (Å²) in [4.78, 5) is 15.4.